The van der Waals surface area contributed by atoms with E-state index < -0.39 is 0 Å². The first-order chi connectivity index (χ1) is 7.31. The predicted octanol–water partition coefficient (Wildman–Crippen LogP) is 2.14. The van der Waals surface area contributed by atoms with Gasteiger partial charge < -0.3 is 10.1 Å². The van der Waals surface area contributed by atoms with Gasteiger partial charge in [0, 0.05) is 0 Å². The van der Waals surface area contributed by atoms with E-state index in [0.717, 1.165) is 17.0 Å². The van der Waals surface area contributed by atoms with Gasteiger partial charge in [-0.25, -0.2) is 0 Å². The lowest BCUT2D eigenvalue weighted by atomic mass is 9.96. The van der Waals surface area contributed by atoms with Gasteiger partial charge in [0.1, 0.15) is 5.75 Å². The van der Waals surface area contributed by atoms with Crippen molar-refractivity contribution < 1.29 is 9.53 Å². The lowest BCUT2D eigenvalue weighted by molar-refractivity contribution is -0.117. The predicted molar refractivity (Wildman–Crippen MR) is 57.1 cm³/mol. The standard InChI is InChI=1S/C12H13NO2/c1-15-9-4-2-3-8-10(7-5-6-7)12(14)13-11(8)9/h2-4,7,10H,5-6H2,1H3,(H,13,14). The number of carbonyl (C=O) groups is 1. The van der Waals surface area contributed by atoms with E-state index in [0.29, 0.717) is 5.92 Å². The molecule has 2 aliphatic rings. The van der Waals surface area contributed by atoms with Crippen molar-refractivity contribution >= 4 is 11.6 Å². The fourth-order valence-electron chi connectivity index (χ4n) is 2.35. The Bertz CT molecular complexity index is 424. The summed E-state index contributed by atoms with van der Waals surface area (Å²) in [5.74, 6) is 1.52. The average molecular weight is 203 g/mol. The molecule has 3 rings (SSSR count). The van der Waals surface area contributed by atoms with Crippen LogP contribution in [0, 0.1) is 5.92 Å². The van der Waals surface area contributed by atoms with E-state index in [4.69, 9.17) is 4.74 Å². The Balaban J connectivity index is 2.09. The Morgan fingerprint density at radius 2 is 2.20 bits per heavy atom. The highest BCUT2D eigenvalue weighted by Crippen LogP contribution is 2.50. The van der Waals surface area contributed by atoms with Crippen LogP contribution in [-0.2, 0) is 4.79 Å². The summed E-state index contributed by atoms with van der Waals surface area (Å²) < 4.78 is 5.24. The lowest BCUT2D eigenvalue weighted by Crippen LogP contribution is -2.13. The second kappa shape index (κ2) is 2.99. The van der Waals surface area contributed by atoms with Crippen LogP contribution in [0.3, 0.4) is 0 Å². The summed E-state index contributed by atoms with van der Waals surface area (Å²) in [6, 6.07) is 5.86. The third-order valence-corrected chi connectivity index (χ3v) is 3.24. The van der Waals surface area contributed by atoms with Crippen LogP contribution in [0.15, 0.2) is 18.2 Å². The summed E-state index contributed by atoms with van der Waals surface area (Å²) >= 11 is 0. The maximum absolute atomic E-state index is 11.8. The molecule has 0 aromatic heterocycles. The molecule has 1 aliphatic carbocycles. The molecule has 78 valence electrons. The number of benzene rings is 1. The maximum atomic E-state index is 11.8. The molecule has 1 N–H and O–H groups in total. The van der Waals surface area contributed by atoms with E-state index >= 15 is 0 Å². The van der Waals surface area contributed by atoms with Crippen LogP contribution >= 0.6 is 0 Å². The largest absolute Gasteiger partial charge is 0.495 e. The molecule has 1 unspecified atom stereocenters. The van der Waals surface area contributed by atoms with Crippen molar-refractivity contribution in [2.24, 2.45) is 5.92 Å². The van der Waals surface area contributed by atoms with Crippen molar-refractivity contribution in [3.8, 4) is 5.75 Å². The molecule has 1 atom stereocenters. The van der Waals surface area contributed by atoms with Crippen molar-refractivity contribution in [1.82, 2.24) is 0 Å². The number of anilines is 1. The SMILES string of the molecule is COc1cccc2c1NC(=O)C2C1CC1. The van der Waals surface area contributed by atoms with Gasteiger partial charge in [0.25, 0.3) is 0 Å². The van der Waals surface area contributed by atoms with Crippen molar-refractivity contribution in [2.75, 3.05) is 12.4 Å². The molecule has 15 heavy (non-hydrogen) atoms. The number of amides is 1. The highest BCUT2D eigenvalue weighted by molar-refractivity contribution is 6.04. The minimum Gasteiger partial charge on any atom is -0.495 e. The Morgan fingerprint density at radius 3 is 2.87 bits per heavy atom. The van der Waals surface area contributed by atoms with Gasteiger partial charge in [0.2, 0.25) is 5.91 Å². The van der Waals surface area contributed by atoms with Gasteiger partial charge in [-0.05, 0) is 30.4 Å². The minimum atomic E-state index is 0.0649. The Labute approximate surface area is 88.4 Å². The van der Waals surface area contributed by atoms with Gasteiger partial charge in [-0.15, -0.1) is 0 Å². The minimum absolute atomic E-state index is 0.0649. The van der Waals surface area contributed by atoms with Crippen LogP contribution < -0.4 is 10.1 Å². The topological polar surface area (TPSA) is 38.3 Å². The van der Waals surface area contributed by atoms with Gasteiger partial charge in [-0.1, -0.05) is 12.1 Å². The zero-order valence-electron chi connectivity index (χ0n) is 8.62. The second-order valence-electron chi connectivity index (χ2n) is 4.23. The molecular weight excluding hydrogens is 190 g/mol. The third kappa shape index (κ3) is 1.23. The number of para-hydroxylation sites is 1. The number of methoxy groups -OCH3 is 1. The average Bonchev–Trinajstić information content (AvgIpc) is 3.00. The van der Waals surface area contributed by atoms with Gasteiger partial charge >= 0.3 is 0 Å². The molecular formula is C12H13NO2. The molecule has 0 bridgehead atoms. The van der Waals surface area contributed by atoms with E-state index in [9.17, 15) is 4.79 Å². The number of rotatable bonds is 2. The number of ether oxygens (including phenoxy) is 1. The quantitative estimate of drug-likeness (QED) is 0.799. The van der Waals surface area contributed by atoms with Gasteiger partial charge in [0.15, 0.2) is 0 Å². The van der Waals surface area contributed by atoms with E-state index in [2.05, 4.69) is 5.32 Å². The zero-order valence-corrected chi connectivity index (χ0v) is 8.62. The molecule has 1 amide bonds. The molecule has 3 nitrogen and oxygen atoms in total. The smallest absolute Gasteiger partial charge is 0.232 e. The first kappa shape index (κ1) is 8.77. The van der Waals surface area contributed by atoms with E-state index in [1.807, 2.05) is 18.2 Å². The molecule has 1 heterocycles. The number of hydrogen-bond acceptors (Lipinski definition) is 2. The Morgan fingerprint density at radius 1 is 1.40 bits per heavy atom. The fraction of sp³-hybridized carbons (Fsp3) is 0.417. The lowest BCUT2D eigenvalue weighted by Gasteiger charge is -2.07. The number of hydrogen-bond donors (Lipinski definition) is 1. The number of nitrogens with one attached hydrogen (secondary N) is 1. The number of fused-ring (bicyclic) bond motifs is 1. The highest BCUT2D eigenvalue weighted by atomic mass is 16.5. The monoisotopic (exact) mass is 203 g/mol. The van der Waals surface area contributed by atoms with Crippen LogP contribution in [-0.4, -0.2) is 13.0 Å². The first-order valence-electron chi connectivity index (χ1n) is 5.29. The van der Waals surface area contributed by atoms with Gasteiger partial charge in [-0.2, -0.15) is 0 Å². The van der Waals surface area contributed by atoms with Crippen LogP contribution in [0.2, 0.25) is 0 Å². The van der Waals surface area contributed by atoms with Gasteiger partial charge in [0.05, 0.1) is 18.7 Å². The van der Waals surface area contributed by atoms with Crippen molar-refractivity contribution in [3.05, 3.63) is 23.8 Å². The van der Waals surface area contributed by atoms with Crippen molar-refractivity contribution in [3.63, 3.8) is 0 Å². The molecule has 1 fully saturated rings. The molecule has 0 saturated heterocycles. The maximum Gasteiger partial charge on any atom is 0.232 e. The highest BCUT2D eigenvalue weighted by Gasteiger charge is 2.42. The molecule has 1 saturated carbocycles. The normalized spacial score (nSPS) is 23.5. The molecule has 3 heteroatoms. The van der Waals surface area contributed by atoms with E-state index in [-0.39, 0.29) is 11.8 Å². The molecule has 0 radical (unpaired) electrons. The van der Waals surface area contributed by atoms with Crippen LogP contribution in [0.1, 0.15) is 24.3 Å². The van der Waals surface area contributed by atoms with E-state index in [1.54, 1.807) is 7.11 Å². The van der Waals surface area contributed by atoms with Crippen LogP contribution in [0.5, 0.6) is 5.75 Å². The molecule has 1 aromatic rings. The fourth-order valence-corrected chi connectivity index (χ4v) is 2.35. The Kier molecular flexibility index (Phi) is 1.75. The summed E-state index contributed by atoms with van der Waals surface area (Å²) in [7, 11) is 1.63. The first-order valence-corrected chi connectivity index (χ1v) is 5.29. The summed E-state index contributed by atoms with van der Waals surface area (Å²) in [4.78, 5) is 11.8. The summed E-state index contributed by atoms with van der Waals surface area (Å²) in [6.45, 7) is 0. The zero-order chi connectivity index (χ0) is 10.4. The summed E-state index contributed by atoms with van der Waals surface area (Å²) in [6.07, 6.45) is 2.35. The van der Waals surface area contributed by atoms with Gasteiger partial charge in [-0.3, -0.25) is 4.79 Å². The number of carbonyl (C=O) groups excluding carboxylic acids is 1. The molecule has 1 aromatic carbocycles. The summed E-state index contributed by atoms with van der Waals surface area (Å²) in [5.41, 5.74) is 1.99. The molecule has 0 spiro atoms. The van der Waals surface area contributed by atoms with Crippen molar-refractivity contribution in [1.29, 1.82) is 0 Å². The van der Waals surface area contributed by atoms with E-state index in [1.165, 1.54) is 12.8 Å². The Hall–Kier alpha value is -1.51. The van der Waals surface area contributed by atoms with Crippen LogP contribution in [0.4, 0.5) is 5.69 Å². The van der Waals surface area contributed by atoms with Crippen LogP contribution in [0.25, 0.3) is 0 Å². The molecule has 1 aliphatic heterocycles. The van der Waals surface area contributed by atoms with Crippen molar-refractivity contribution in [2.45, 2.75) is 18.8 Å². The summed E-state index contributed by atoms with van der Waals surface area (Å²) in [5, 5.41) is 2.92. The third-order valence-electron chi connectivity index (χ3n) is 3.24. The second-order valence-corrected chi connectivity index (χ2v) is 4.23.